The van der Waals surface area contributed by atoms with Gasteiger partial charge in [-0.3, -0.25) is 0 Å². The van der Waals surface area contributed by atoms with E-state index in [9.17, 15) is 18.3 Å². The Bertz CT molecular complexity index is 1730. The number of halogens is 3. The predicted molar refractivity (Wildman–Crippen MR) is 162 cm³/mol. The lowest BCUT2D eigenvalue weighted by atomic mass is 10.0. The lowest BCUT2D eigenvalue weighted by Crippen LogP contribution is -2.10. The Morgan fingerprint density at radius 2 is 1.50 bits per heavy atom. The molecule has 0 spiro atoms. The van der Waals surface area contributed by atoms with Gasteiger partial charge in [0.15, 0.2) is 0 Å². The quantitative estimate of drug-likeness (QED) is 0.185. The van der Waals surface area contributed by atoms with E-state index in [0.717, 1.165) is 40.1 Å². The van der Waals surface area contributed by atoms with E-state index in [0.29, 0.717) is 40.5 Å². The Morgan fingerprint density at radius 3 is 2.07 bits per heavy atom. The summed E-state index contributed by atoms with van der Waals surface area (Å²) in [6.45, 7) is 1.84. The monoisotopic (exact) mass is 587 g/mol. The molecule has 42 heavy (non-hydrogen) atoms. The first-order chi connectivity index (χ1) is 20.1. The van der Waals surface area contributed by atoms with Crippen molar-refractivity contribution in [1.29, 1.82) is 0 Å². The smallest absolute Gasteiger partial charge is 0.416 e. The summed E-state index contributed by atoms with van der Waals surface area (Å²) < 4.78 is 49.0. The van der Waals surface area contributed by atoms with Crippen molar-refractivity contribution in [3.63, 3.8) is 0 Å². The Labute approximate surface area is 247 Å². The number of hydrogen-bond donors (Lipinski definition) is 2. The van der Waals surface area contributed by atoms with E-state index in [4.69, 9.17) is 27.7 Å². The van der Waals surface area contributed by atoms with Crippen molar-refractivity contribution in [2.75, 3.05) is 7.11 Å². The summed E-state index contributed by atoms with van der Waals surface area (Å²) in [6, 6.07) is 26.2. The average Bonchev–Trinajstić information content (AvgIpc) is 3.35. The standard InChI is InChI=1S/C33H28F3N3O2S/c1-20-15-26(17-27(16-20)33(34,35)36)32-38-29(23-7-5-22(19-40)6-8-23)30(24-11-13-28(41-2)14-12-24)39(32)18-21-3-9-25(10-4-21)31(37)42/h3-17,40H,18-19H2,1-2H3,(H2,37,42). The third-order valence-electron chi connectivity index (χ3n) is 6.98. The van der Waals surface area contributed by atoms with E-state index < -0.39 is 11.7 Å². The summed E-state index contributed by atoms with van der Waals surface area (Å²) in [5.74, 6) is 1.05. The van der Waals surface area contributed by atoms with E-state index >= 15 is 0 Å². The number of aliphatic hydroxyl groups excluding tert-OH is 1. The van der Waals surface area contributed by atoms with Crippen LogP contribution in [0.15, 0.2) is 91.0 Å². The Balaban J connectivity index is 1.80. The molecule has 0 atom stereocenters. The highest BCUT2D eigenvalue weighted by molar-refractivity contribution is 7.80. The fraction of sp³-hybridized carbons (Fsp3) is 0.152. The molecule has 5 aromatic rings. The molecular formula is C33H28F3N3O2S. The van der Waals surface area contributed by atoms with Crippen molar-refractivity contribution < 1.29 is 23.0 Å². The van der Waals surface area contributed by atoms with Crippen molar-refractivity contribution >= 4 is 17.2 Å². The normalized spacial score (nSPS) is 11.5. The molecular weight excluding hydrogens is 559 g/mol. The average molecular weight is 588 g/mol. The predicted octanol–water partition coefficient (Wildman–Crippen LogP) is 7.39. The van der Waals surface area contributed by atoms with Crippen molar-refractivity contribution in [1.82, 2.24) is 9.55 Å². The molecule has 0 unspecified atom stereocenters. The summed E-state index contributed by atoms with van der Waals surface area (Å²) in [6.07, 6.45) is -4.52. The molecule has 0 aliphatic rings. The number of benzene rings is 4. The van der Waals surface area contributed by atoms with Crippen LogP contribution in [0.2, 0.25) is 0 Å². The van der Waals surface area contributed by atoms with Crippen LogP contribution in [0.5, 0.6) is 5.75 Å². The van der Waals surface area contributed by atoms with Gasteiger partial charge in [-0.05, 0) is 66.1 Å². The summed E-state index contributed by atoms with van der Waals surface area (Å²) in [5, 5.41) is 9.57. The SMILES string of the molecule is COc1ccc(-c2c(-c3ccc(CO)cc3)nc(-c3cc(C)cc(C(F)(F)F)c3)n2Cc2ccc(C(N)=S)cc2)cc1. The molecule has 0 aliphatic carbocycles. The van der Waals surface area contributed by atoms with E-state index in [1.165, 1.54) is 0 Å². The van der Waals surface area contributed by atoms with Crippen LogP contribution in [0.1, 0.15) is 27.8 Å². The molecule has 0 saturated carbocycles. The van der Waals surface area contributed by atoms with E-state index in [1.807, 2.05) is 65.2 Å². The van der Waals surface area contributed by atoms with Crippen LogP contribution < -0.4 is 10.5 Å². The number of rotatable bonds is 8. The van der Waals surface area contributed by atoms with E-state index in [1.54, 1.807) is 32.2 Å². The van der Waals surface area contributed by atoms with Crippen LogP contribution in [-0.4, -0.2) is 26.8 Å². The van der Waals surface area contributed by atoms with Crippen LogP contribution in [0, 0.1) is 6.92 Å². The van der Waals surface area contributed by atoms with Crippen molar-refractivity contribution in [3.05, 3.63) is 119 Å². The maximum atomic E-state index is 13.9. The molecule has 214 valence electrons. The number of hydrogen-bond acceptors (Lipinski definition) is 4. The first-order valence-corrected chi connectivity index (χ1v) is 13.5. The van der Waals surface area contributed by atoms with Gasteiger partial charge in [0, 0.05) is 28.8 Å². The first-order valence-electron chi connectivity index (χ1n) is 13.1. The molecule has 0 amide bonds. The zero-order valence-corrected chi connectivity index (χ0v) is 23.8. The van der Waals surface area contributed by atoms with Gasteiger partial charge in [-0.1, -0.05) is 60.7 Å². The second-order valence-corrected chi connectivity index (χ2v) is 10.4. The summed E-state index contributed by atoms with van der Waals surface area (Å²) in [4.78, 5) is 5.27. The van der Waals surface area contributed by atoms with Gasteiger partial charge in [-0.25, -0.2) is 4.98 Å². The topological polar surface area (TPSA) is 73.3 Å². The lowest BCUT2D eigenvalue weighted by Gasteiger charge is -2.16. The summed E-state index contributed by atoms with van der Waals surface area (Å²) >= 11 is 5.10. The number of aryl methyl sites for hydroxylation is 1. The van der Waals surface area contributed by atoms with Gasteiger partial charge < -0.3 is 20.1 Å². The zero-order valence-electron chi connectivity index (χ0n) is 22.9. The molecule has 0 radical (unpaired) electrons. The number of ether oxygens (including phenoxy) is 1. The highest BCUT2D eigenvalue weighted by Gasteiger charge is 2.32. The minimum atomic E-state index is -4.52. The highest BCUT2D eigenvalue weighted by Crippen LogP contribution is 2.39. The maximum absolute atomic E-state index is 13.9. The van der Waals surface area contributed by atoms with Gasteiger partial charge in [-0.15, -0.1) is 0 Å². The molecule has 1 aromatic heterocycles. The third kappa shape index (κ3) is 6.07. The number of alkyl halides is 3. The van der Waals surface area contributed by atoms with Crippen molar-refractivity contribution in [2.45, 2.75) is 26.3 Å². The van der Waals surface area contributed by atoms with Gasteiger partial charge in [0.05, 0.1) is 30.7 Å². The Hall–Kier alpha value is -4.47. The largest absolute Gasteiger partial charge is 0.497 e. The fourth-order valence-electron chi connectivity index (χ4n) is 4.87. The number of methoxy groups -OCH3 is 1. The van der Waals surface area contributed by atoms with Gasteiger partial charge in [0.25, 0.3) is 0 Å². The molecule has 4 aromatic carbocycles. The van der Waals surface area contributed by atoms with Crippen LogP contribution in [0.4, 0.5) is 13.2 Å². The molecule has 9 heteroatoms. The number of imidazole rings is 1. The number of aromatic nitrogens is 2. The number of aliphatic hydroxyl groups is 1. The molecule has 0 bridgehead atoms. The first kappa shape index (κ1) is 29.0. The number of thiocarbonyl (C=S) groups is 1. The van der Waals surface area contributed by atoms with Crippen LogP contribution in [-0.2, 0) is 19.3 Å². The molecule has 0 fully saturated rings. The van der Waals surface area contributed by atoms with E-state index in [2.05, 4.69) is 0 Å². The van der Waals surface area contributed by atoms with Gasteiger partial charge in [-0.2, -0.15) is 13.2 Å². The number of nitrogens with zero attached hydrogens (tertiary/aromatic N) is 2. The molecule has 0 aliphatic heterocycles. The molecule has 1 heterocycles. The third-order valence-corrected chi connectivity index (χ3v) is 7.22. The zero-order chi connectivity index (χ0) is 30.0. The molecule has 5 nitrogen and oxygen atoms in total. The highest BCUT2D eigenvalue weighted by atomic mass is 32.1. The van der Waals surface area contributed by atoms with Gasteiger partial charge in [0.2, 0.25) is 0 Å². The van der Waals surface area contributed by atoms with Crippen LogP contribution >= 0.6 is 12.2 Å². The summed E-state index contributed by atoms with van der Waals surface area (Å²) in [5.41, 5.74) is 11.1. The van der Waals surface area contributed by atoms with Crippen molar-refractivity contribution in [3.8, 4) is 39.7 Å². The minimum Gasteiger partial charge on any atom is -0.497 e. The number of nitrogens with two attached hydrogens (primary N) is 1. The van der Waals surface area contributed by atoms with Crippen molar-refractivity contribution in [2.24, 2.45) is 5.73 Å². The lowest BCUT2D eigenvalue weighted by molar-refractivity contribution is -0.137. The second-order valence-electron chi connectivity index (χ2n) is 9.95. The Morgan fingerprint density at radius 1 is 0.881 bits per heavy atom. The van der Waals surface area contributed by atoms with Crippen LogP contribution in [0.3, 0.4) is 0 Å². The minimum absolute atomic E-state index is 0.114. The molecule has 5 rings (SSSR count). The van der Waals surface area contributed by atoms with Gasteiger partial charge >= 0.3 is 6.18 Å². The second kappa shape index (κ2) is 11.8. The Kier molecular flexibility index (Phi) is 8.15. The summed E-state index contributed by atoms with van der Waals surface area (Å²) in [7, 11) is 1.58. The maximum Gasteiger partial charge on any atom is 0.416 e. The molecule has 0 saturated heterocycles. The molecule has 3 N–H and O–H groups in total. The fourth-order valence-corrected chi connectivity index (χ4v) is 5.01. The van der Waals surface area contributed by atoms with Crippen LogP contribution in [0.25, 0.3) is 33.9 Å². The van der Waals surface area contributed by atoms with E-state index in [-0.39, 0.29) is 11.6 Å². The van der Waals surface area contributed by atoms with Gasteiger partial charge in [0.1, 0.15) is 16.6 Å².